The van der Waals surface area contributed by atoms with E-state index in [0.29, 0.717) is 0 Å². The van der Waals surface area contributed by atoms with Crippen LogP contribution in [-0.4, -0.2) is 6.54 Å². The molecule has 0 atom stereocenters. The van der Waals surface area contributed by atoms with Crippen molar-refractivity contribution in [2.75, 3.05) is 6.54 Å². The summed E-state index contributed by atoms with van der Waals surface area (Å²) in [5.74, 6) is 0. The largest absolute Gasteiger partial charge is 0.330 e. The quantitative estimate of drug-likeness (QED) is 0.832. The molecule has 0 saturated heterocycles. The first-order valence-corrected chi connectivity index (χ1v) is 5.67. The minimum absolute atomic E-state index is 0.787. The maximum absolute atomic E-state index is 5.38. The second kappa shape index (κ2) is 8.69. The molecule has 2 aromatic rings. The van der Waals surface area contributed by atoms with Crippen molar-refractivity contribution in [1.82, 2.24) is 0 Å². The van der Waals surface area contributed by atoms with Gasteiger partial charge >= 0.3 is 0 Å². The third-order valence-corrected chi connectivity index (χ3v) is 2.18. The van der Waals surface area contributed by atoms with Crippen LogP contribution in [-0.2, 0) is 6.42 Å². The molecule has 0 bridgehead atoms. The van der Waals surface area contributed by atoms with Crippen LogP contribution in [0.25, 0.3) is 0 Å². The van der Waals surface area contributed by atoms with E-state index < -0.39 is 0 Å². The maximum Gasteiger partial charge on any atom is -0.00741 e. The van der Waals surface area contributed by atoms with E-state index in [0.717, 1.165) is 19.4 Å². The predicted molar refractivity (Wildman–Crippen MR) is 70.3 cm³/mol. The monoisotopic (exact) mass is 213 g/mol. The van der Waals surface area contributed by atoms with Crippen molar-refractivity contribution >= 4 is 0 Å². The number of hydrogen-bond acceptors (Lipinski definition) is 1. The van der Waals surface area contributed by atoms with Gasteiger partial charge in [-0.25, -0.2) is 0 Å². The topological polar surface area (TPSA) is 26.0 Å². The van der Waals surface area contributed by atoms with Gasteiger partial charge in [0.1, 0.15) is 0 Å². The van der Waals surface area contributed by atoms with E-state index in [1.54, 1.807) is 0 Å². The van der Waals surface area contributed by atoms with E-state index in [9.17, 15) is 0 Å². The van der Waals surface area contributed by atoms with Gasteiger partial charge in [-0.05, 0) is 24.9 Å². The first kappa shape index (κ1) is 12.5. The molecule has 0 aliphatic carbocycles. The summed E-state index contributed by atoms with van der Waals surface area (Å²) < 4.78 is 0. The Morgan fingerprint density at radius 1 is 0.688 bits per heavy atom. The van der Waals surface area contributed by atoms with Crippen LogP contribution in [0.4, 0.5) is 0 Å². The van der Waals surface area contributed by atoms with Crippen molar-refractivity contribution in [1.29, 1.82) is 0 Å². The molecule has 2 rings (SSSR count). The minimum Gasteiger partial charge on any atom is -0.330 e. The maximum atomic E-state index is 5.38. The fourth-order valence-electron chi connectivity index (χ4n) is 1.34. The first-order valence-electron chi connectivity index (χ1n) is 5.67. The lowest BCUT2D eigenvalue weighted by atomic mass is 10.1. The smallest absolute Gasteiger partial charge is 0.00741 e. The molecule has 84 valence electrons. The Bertz CT molecular complexity index is 316. The molecule has 0 unspecified atom stereocenters. The summed E-state index contributed by atoms with van der Waals surface area (Å²) in [5.41, 5.74) is 6.76. The summed E-state index contributed by atoms with van der Waals surface area (Å²) in [4.78, 5) is 0. The van der Waals surface area contributed by atoms with E-state index in [1.807, 2.05) is 42.5 Å². The Morgan fingerprint density at radius 3 is 1.56 bits per heavy atom. The zero-order chi connectivity index (χ0) is 11.5. The molecule has 0 saturated carbocycles. The lowest BCUT2D eigenvalue weighted by Gasteiger charge is -1.96. The minimum atomic E-state index is 0.787. The standard InChI is InChI=1S/C9H13N.C6H6/c10-8-4-7-9-5-2-1-3-6-9;1-2-4-6-5-3-1/h1-3,5-6H,4,7-8,10H2;1-6H. The van der Waals surface area contributed by atoms with Crippen molar-refractivity contribution < 1.29 is 0 Å². The molecule has 0 aliphatic heterocycles. The van der Waals surface area contributed by atoms with Gasteiger partial charge < -0.3 is 5.73 Å². The van der Waals surface area contributed by atoms with Gasteiger partial charge in [0.15, 0.2) is 0 Å². The van der Waals surface area contributed by atoms with E-state index in [4.69, 9.17) is 5.73 Å². The second-order valence-corrected chi connectivity index (χ2v) is 3.53. The Labute approximate surface area is 97.9 Å². The molecule has 16 heavy (non-hydrogen) atoms. The Hall–Kier alpha value is -1.60. The molecule has 2 aromatic carbocycles. The lowest BCUT2D eigenvalue weighted by Crippen LogP contribution is -1.99. The molecule has 0 aliphatic rings. The van der Waals surface area contributed by atoms with Crippen LogP contribution in [0.5, 0.6) is 0 Å². The van der Waals surface area contributed by atoms with E-state index >= 15 is 0 Å². The van der Waals surface area contributed by atoms with Gasteiger partial charge in [-0.3, -0.25) is 0 Å². The third-order valence-electron chi connectivity index (χ3n) is 2.18. The average Bonchev–Trinajstić information content (AvgIpc) is 2.40. The zero-order valence-electron chi connectivity index (χ0n) is 9.55. The molecule has 0 spiro atoms. The molecule has 0 aromatic heterocycles. The Kier molecular flexibility index (Phi) is 6.77. The number of rotatable bonds is 3. The van der Waals surface area contributed by atoms with Gasteiger partial charge in [-0.2, -0.15) is 0 Å². The van der Waals surface area contributed by atoms with Gasteiger partial charge in [0.05, 0.1) is 0 Å². The molecule has 0 fully saturated rings. The van der Waals surface area contributed by atoms with Crippen molar-refractivity contribution in [2.24, 2.45) is 5.73 Å². The average molecular weight is 213 g/mol. The SMILES string of the molecule is NCCCc1ccccc1.c1ccccc1. The molecule has 0 amide bonds. The van der Waals surface area contributed by atoms with E-state index in [1.165, 1.54) is 5.56 Å². The van der Waals surface area contributed by atoms with Crippen molar-refractivity contribution in [3.63, 3.8) is 0 Å². The summed E-state index contributed by atoms with van der Waals surface area (Å²) in [6.45, 7) is 0.787. The summed E-state index contributed by atoms with van der Waals surface area (Å²) in [6, 6.07) is 22.4. The van der Waals surface area contributed by atoms with Gasteiger partial charge in [-0.15, -0.1) is 0 Å². The zero-order valence-corrected chi connectivity index (χ0v) is 9.55. The number of hydrogen-bond donors (Lipinski definition) is 1. The van der Waals surface area contributed by atoms with Crippen molar-refractivity contribution in [2.45, 2.75) is 12.8 Å². The first-order chi connectivity index (χ1) is 7.93. The van der Waals surface area contributed by atoms with Crippen LogP contribution < -0.4 is 5.73 Å². The van der Waals surface area contributed by atoms with Crippen LogP contribution in [0.15, 0.2) is 66.7 Å². The molecule has 1 nitrogen and oxygen atoms in total. The second-order valence-electron chi connectivity index (χ2n) is 3.53. The summed E-state index contributed by atoms with van der Waals surface area (Å²) in [5, 5.41) is 0. The van der Waals surface area contributed by atoms with Crippen LogP contribution in [0.3, 0.4) is 0 Å². The molecule has 1 heteroatoms. The fraction of sp³-hybridized carbons (Fsp3) is 0.200. The highest BCUT2D eigenvalue weighted by atomic mass is 14.5. The van der Waals surface area contributed by atoms with Crippen LogP contribution in [0.2, 0.25) is 0 Å². The van der Waals surface area contributed by atoms with E-state index in [2.05, 4.69) is 24.3 Å². The van der Waals surface area contributed by atoms with Gasteiger partial charge in [0.25, 0.3) is 0 Å². The molecule has 0 radical (unpaired) electrons. The van der Waals surface area contributed by atoms with Gasteiger partial charge in [0.2, 0.25) is 0 Å². The Balaban J connectivity index is 0.000000181. The summed E-state index contributed by atoms with van der Waals surface area (Å²) in [6.07, 6.45) is 2.20. The fourth-order valence-corrected chi connectivity index (χ4v) is 1.34. The normalized spacial score (nSPS) is 9.06. The lowest BCUT2D eigenvalue weighted by molar-refractivity contribution is 0.833. The predicted octanol–water partition coefficient (Wildman–Crippen LogP) is 3.26. The molecular formula is C15H19N. The van der Waals surface area contributed by atoms with Gasteiger partial charge in [-0.1, -0.05) is 66.7 Å². The molecule has 2 N–H and O–H groups in total. The summed E-state index contributed by atoms with van der Waals surface area (Å²) >= 11 is 0. The summed E-state index contributed by atoms with van der Waals surface area (Å²) in [7, 11) is 0. The highest BCUT2D eigenvalue weighted by molar-refractivity contribution is 5.14. The molecule has 0 heterocycles. The molecular weight excluding hydrogens is 194 g/mol. The number of benzene rings is 2. The number of aryl methyl sites for hydroxylation is 1. The van der Waals surface area contributed by atoms with Crippen molar-refractivity contribution in [3.05, 3.63) is 72.3 Å². The van der Waals surface area contributed by atoms with Crippen LogP contribution >= 0.6 is 0 Å². The Morgan fingerprint density at radius 2 is 1.12 bits per heavy atom. The van der Waals surface area contributed by atoms with E-state index in [-0.39, 0.29) is 0 Å². The van der Waals surface area contributed by atoms with Crippen LogP contribution in [0, 0.1) is 0 Å². The third kappa shape index (κ3) is 5.99. The highest BCUT2D eigenvalue weighted by Crippen LogP contribution is 2.00. The van der Waals surface area contributed by atoms with Crippen LogP contribution in [0.1, 0.15) is 12.0 Å². The highest BCUT2D eigenvalue weighted by Gasteiger charge is 1.87. The van der Waals surface area contributed by atoms with Crippen molar-refractivity contribution in [3.8, 4) is 0 Å². The van der Waals surface area contributed by atoms with Gasteiger partial charge in [0, 0.05) is 0 Å². The number of nitrogens with two attached hydrogens (primary N) is 1.